The van der Waals surface area contributed by atoms with Gasteiger partial charge in [0, 0.05) is 23.0 Å². The molecule has 4 aromatic rings. The van der Waals surface area contributed by atoms with Crippen LogP contribution in [0.5, 0.6) is 11.6 Å². The van der Waals surface area contributed by atoms with Gasteiger partial charge in [-0.05, 0) is 42.5 Å². The standard InChI is InChI=1S/C20H13ClN4O2/c21-13-7-8-16-15(10-13)20(25-19(24-16)12-4-3-9-23-11-12)27-17-6-2-1-5-14(17)18(22)26/h1-11H,(H2,22,26). The third-order valence-electron chi connectivity index (χ3n) is 3.90. The Morgan fingerprint density at radius 2 is 1.89 bits per heavy atom. The van der Waals surface area contributed by atoms with Gasteiger partial charge in [-0.3, -0.25) is 9.78 Å². The third kappa shape index (κ3) is 3.43. The van der Waals surface area contributed by atoms with Crippen LogP contribution in [0.2, 0.25) is 5.02 Å². The minimum Gasteiger partial charge on any atom is -0.437 e. The smallest absolute Gasteiger partial charge is 0.252 e. The number of hydrogen-bond acceptors (Lipinski definition) is 5. The number of amides is 1. The first-order valence-corrected chi connectivity index (χ1v) is 8.44. The van der Waals surface area contributed by atoms with Gasteiger partial charge in [0.05, 0.1) is 16.5 Å². The summed E-state index contributed by atoms with van der Waals surface area (Å²) < 4.78 is 5.97. The van der Waals surface area contributed by atoms with Crippen LogP contribution < -0.4 is 10.5 Å². The molecule has 4 rings (SSSR count). The van der Waals surface area contributed by atoms with E-state index in [1.165, 1.54) is 0 Å². The van der Waals surface area contributed by atoms with Crippen LogP contribution in [0.1, 0.15) is 10.4 Å². The molecular formula is C20H13ClN4O2. The van der Waals surface area contributed by atoms with E-state index in [1.54, 1.807) is 60.9 Å². The fourth-order valence-corrected chi connectivity index (χ4v) is 2.81. The van der Waals surface area contributed by atoms with Crippen LogP contribution >= 0.6 is 11.6 Å². The Kier molecular flexibility index (Phi) is 4.40. The fraction of sp³-hybridized carbons (Fsp3) is 0. The summed E-state index contributed by atoms with van der Waals surface area (Å²) in [6.45, 7) is 0. The Labute approximate surface area is 159 Å². The summed E-state index contributed by atoms with van der Waals surface area (Å²) in [5.41, 5.74) is 7.09. The summed E-state index contributed by atoms with van der Waals surface area (Å²) in [6, 6.07) is 15.6. The molecule has 0 unspecified atom stereocenters. The number of halogens is 1. The van der Waals surface area contributed by atoms with E-state index in [2.05, 4.69) is 15.0 Å². The second kappa shape index (κ2) is 7.01. The summed E-state index contributed by atoms with van der Waals surface area (Å²) in [5.74, 6) is 0.441. The number of benzene rings is 2. The van der Waals surface area contributed by atoms with Gasteiger partial charge in [0.15, 0.2) is 5.82 Å². The summed E-state index contributed by atoms with van der Waals surface area (Å²) in [7, 11) is 0. The highest BCUT2D eigenvalue weighted by atomic mass is 35.5. The summed E-state index contributed by atoms with van der Waals surface area (Å²) in [6.07, 6.45) is 3.34. The molecular weight excluding hydrogens is 364 g/mol. The molecule has 0 aliphatic heterocycles. The number of carbonyl (C=O) groups is 1. The van der Waals surface area contributed by atoms with Crippen molar-refractivity contribution in [2.45, 2.75) is 0 Å². The number of fused-ring (bicyclic) bond motifs is 1. The van der Waals surface area contributed by atoms with Crippen LogP contribution in [0.25, 0.3) is 22.3 Å². The lowest BCUT2D eigenvalue weighted by Crippen LogP contribution is -2.12. The molecule has 1 amide bonds. The molecule has 0 aliphatic rings. The first-order valence-electron chi connectivity index (χ1n) is 8.06. The van der Waals surface area contributed by atoms with E-state index in [0.717, 1.165) is 5.56 Å². The lowest BCUT2D eigenvalue weighted by molar-refractivity contribution is 0.0998. The summed E-state index contributed by atoms with van der Waals surface area (Å²) in [5, 5.41) is 1.14. The zero-order chi connectivity index (χ0) is 18.8. The normalized spacial score (nSPS) is 10.7. The predicted octanol–water partition coefficient (Wildman–Crippen LogP) is 4.24. The van der Waals surface area contributed by atoms with E-state index < -0.39 is 5.91 Å². The van der Waals surface area contributed by atoms with E-state index in [0.29, 0.717) is 27.5 Å². The number of primary amides is 1. The molecule has 0 bridgehead atoms. The number of rotatable bonds is 4. The largest absolute Gasteiger partial charge is 0.437 e. The maximum Gasteiger partial charge on any atom is 0.252 e. The number of aromatic nitrogens is 3. The Bertz CT molecular complexity index is 1150. The van der Waals surface area contributed by atoms with E-state index in [4.69, 9.17) is 22.1 Å². The van der Waals surface area contributed by atoms with Crippen molar-refractivity contribution in [1.82, 2.24) is 15.0 Å². The predicted molar refractivity (Wildman–Crippen MR) is 103 cm³/mol. The average Bonchev–Trinajstić information content (AvgIpc) is 2.69. The van der Waals surface area contributed by atoms with Crippen LogP contribution in [0.3, 0.4) is 0 Å². The van der Waals surface area contributed by atoms with Gasteiger partial charge < -0.3 is 10.5 Å². The zero-order valence-electron chi connectivity index (χ0n) is 14.0. The van der Waals surface area contributed by atoms with Gasteiger partial charge in [-0.25, -0.2) is 4.98 Å². The molecule has 2 aromatic carbocycles. The Morgan fingerprint density at radius 1 is 1.04 bits per heavy atom. The van der Waals surface area contributed by atoms with Crippen molar-refractivity contribution < 1.29 is 9.53 Å². The van der Waals surface area contributed by atoms with Gasteiger partial charge in [-0.1, -0.05) is 23.7 Å². The van der Waals surface area contributed by atoms with Crippen molar-refractivity contribution in [1.29, 1.82) is 0 Å². The van der Waals surface area contributed by atoms with Gasteiger partial charge in [0.25, 0.3) is 5.91 Å². The van der Waals surface area contributed by atoms with Gasteiger partial charge in [-0.2, -0.15) is 4.98 Å². The number of nitrogens with zero attached hydrogens (tertiary/aromatic N) is 3. The second-order valence-electron chi connectivity index (χ2n) is 5.72. The Hall–Kier alpha value is -3.51. The minimum absolute atomic E-state index is 0.259. The number of pyridine rings is 1. The maximum absolute atomic E-state index is 11.7. The minimum atomic E-state index is -0.588. The molecule has 0 fully saturated rings. The van der Waals surface area contributed by atoms with Crippen molar-refractivity contribution in [2.24, 2.45) is 5.73 Å². The lowest BCUT2D eigenvalue weighted by Gasteiger charge is -2.12. The molecule has 0 saturated heterocycles. The first kappa shape index (κ1) is 16.9. The quantitative estimate of drug-likeness (QED) is 0.575. The van der Waals surface area contributed by atoms with Crippen LogP contribution in [-0.4, -0.2) is 20.9 Å². The number of ether oxygens (including phenoxy) is 1. The molecule has 0 radical (unpaired) electrons. The molecule has 2 N–H and O–H groups in total. The van der Waals surface area contributed by atoms with Gasteiger partial charge in [-0.15, -0.1) is 0 Å². The monoisotopic (exact) mass is 376 g/mol. The third-order valence-corrected chi connectivity index (χ3v) is 4.14. The molecule has 7 heteroatoms. The van der Waals surface area contributed by atoms with Crippen molar-refractivity contribution in [3.8, 4) is 23.0 Å². The molecule has 2 heterocycles. The molecule has 0 spiro atoms. The first-order chi connectivity index (χ1) is 13.1. The maximum atomic E-state index is 11.7. The van der Waals surface area contributed by atoms with Crippen molar-refractivity contribution in [2.75, 3.05) is 0 Å². The fourth-order valence-electron chi connectivity index (χ4n) is 2.64. The Balaban J connectivity index is 1.91. The van der Waals surface area contributed by atoms with E-state index in [1.807, 2.05) is 6.07 Å². The van der Waals surface area contributed by atoms with Crippen LogP contribution in [0.15, 0.2) is 67.0 Å². The number of nitrogens with two attached hydrogens (primary N) is 1. The van der Waals surface area contributed by atoms with Gasteiger partial charge in [0.2, 0.25) is 5.88 Å². The average molecular weight is 377 g/mol. The SMILES string of the molecule is NC(=O)c1ccccc1Oc1nc(-c2cccnc2)nc2ccc(Cl)cc12. The van der Waals surface area contributed by atoms with Gasteiger partial charge >= 0.3 is 0 Å². The highest BCUT2D eigenvalue weighted by Crippen LogP contribution is 2.32. The topological polar surface area (TPSA) is 91.0 Å². The van der Waals surface area contributed by atoms with E-state index in [9.17, 15) is 4.79 Å². The molecule has 132 valence electrons. The highest BCUT2D eigenvalue weighted by Gasteiger charge is 2.15. The number of carbonyl (C=O) groups excluding carboxylic acids is 1. The molecule has 27 heavy (non-hydrogen) atoms. The van der Waals surface area contributed by atoms with E-state index in [-0.39, 0.29) is 11.4 Å². The van der Waals surface area contributed by atoms with Gasteiger partial charge in [0.1, 0.15) is 5.75 Å². The summed E-state index contributed by atoms with van der Waals surface area (Å²) >= 11 is 6.14. The van der Waals surface area contributed by atoms with Crippen LogP contribution in [-0.2, 0) is 0 Å². The van der Waals surface area contributed by atoms with E-state index >= 15 is 0 Å². The molecule has 0 aliphatic carbocycles. The van der Waals surface area contributed by atoms with Crippen molar-refractivity contribution in [3.63, 3.8) is 0 Å². The highest BCUT2D eigenvalue weighted by molar-refractivity contribution is 6.31. The molecule has 6 nitrogen and oxygen atoms in total. The van der Waals surface area contributed by atoms with Crippen molar-refractivity contribution in [3.05, 3.63) is 77.6 Å². The molecule has 0 atom stereocenters. The Morgan fingerprint density at radius 3 is 2.67 bits per heavy atom. The van der Waals surface area contributed by atoms with Crippen LogP contribution in [0.4, 0.5) is 0 Å². The lowest BCUT2D eigenvalue weighted by atomic mass is 10.2. The molecule has 0 saturated carbocycles. The number of hydrogen-bond donors (Lipinski definition) is 1. The second-order valence-corrected chi connectivity index (χ2v) is 6.15. The van der Waals surface area contributed by atoms with Crippen molar-refractivity contribution >= 4 is 28.4 Å². The molecule has 2 aromatic heterocycles. The van der Waals surface area contributed by atoms with Crippen LogP contribution in [0, 0.1) is 0 Å². The summed E-state index contributed by atoms with van der Waals surface area (Å²) in [4.78, 5) is 24.9. The number of para-hydroxylation sites is 1. The zero-order valence-corrected chi connectivity index (χ0v) is 14.7.